The van der Waals surface area contributed by atoms with Crippen LogP contribution in [0, 0.1) is 0 Å². The monoisotopic (exact) mass is 600 g/mol. The molecule has 6 heterocycles. The highest BCUT2D eigenvalue weighted by molar-refractivity contribution is 6.31. The van der Waals surface area contributed by atoms with Crippen LogP contribution in [0.3, 0.4) is 0 Å². The minimum atomic E-state index is 0.715. The largest absolute Gasteiger partial charge is 0.309 e. The fourth-order valence-corrected chi connectivity index (χ4v) is 7.82. The number of fused-ring (bicyclic) bond motifs is 15. The quantitative estimate of drug-likeness (QED) is 0.186. The molecular weight excluding hydrogens is 576 g/mol. The van der Waals surface area contributed by atoms with Crippen LogP contribution in [0.1, 0.15) is 0 Å². The van der Waals surface area contributed by atoms with Crippen molar-refractivity contribution in [2.24, 2.45) is 0 Å². The zero-order valence-corrected chi connectivity index (χ0v) is 25.0. The van der Waals surface area contributed by atoms with Crippen molar-refractivity contribution in [2.45, 2.75) is 0 Å². The van der Waals surface area contributed by atoms with Crippen LogP contribution in [-0.2, 0) is 0 Å². The Labute approximate surface area is 267 Å². The number of benzene rings is 5. The lowest BCUT2D eigenvalue weighted by Gasteiger charge is -2.11. The van der Waals surface area contributed by atoms with E-state index in [1.54, 1.807) is 6.20 Å². The molecule has 0 saturated carbocycles. The van der Waals surface area contributed by atoms with Crippen LogP contribution < -0.4 is 0 Å². The Morgan fingerprint density at radius 3 is 1.79 bits per heavy atom. The van der Waals surface area contributed by atoms with E-state index in [2.05, 4.69) is 140 Å². The first-order chi connectivity index (χ1) is 23.3. The van der Waals surface area contributed by atoms with Gasteiger partial charge in [-0.25, -0.2) is 15.0 Å². The summed E-state index contributed by atoms with van der Waals surface area (Å²) in [6.07, 6.45) is 3.66. The number of hydrogen-bond acceptors (Lipinski definition) is 3. The first kappa shape index (κ1) is 24.8. The van der Waals surface area contributed by atoms with Gasteiger partial charge in [-0.1, -0.05) is 54.6 Å². The van der Waals surface area contributed by atoms with Crippen LogP contribution >= 0.6 is 0 Å². The van der Waals surface area contributed by atoms with Crippen LogP contribution in [0.4, 0.5) is 0 Å². The molecule has 0 radical (unpaired) electrons. The second-order valence-electron chi connectivity index (χ2n) is 12.1. The third-order valence-corrected chi connectivity index (χ3v) is 9.69. The summed E-state index contributed by atoms with van der Waals surface area (Å²) in [6.45, 7) is 0. The van der Waals surface area contributed by atoms with Gasteiger partial charge in [0, 0.05) is 56.1 Å². The van der Waals surface area contributed by atoms with E-state index in [1.165, 1.54) is 38.1 Å². The molecular formula is C41H24N6. The third kappa shape index (κ3) is 3.21. The van der Waals surface area contributed by atoms with Gasteiger partial charge in [0.2, 0.25) is 0 Å². The lowest BCUT2D eigenvalue weighted by atomic mass is 10.0. The Hall–Kier alpha value is -6.53. The Bertz CT molecular complexity index is 3060. The molecule has 218 valence electrons. The number of nitrogens with zero attached hydrogens (tertiary/aromatic N) is 6. The van der Waals surface area contributed by atoms with Crippen LogP contribution in [0.2, 0.25) is 0 Å². The van der Waals surface area contributed by atoms with Crippen molar-refractivity contribution < 1.29 is 0 Å². The molecule has 0 N–H and O–H groups in total. The van der Waals surface area contributed by atoms with Gasteiger partial charge in [0.15, 0.2) is 5.65 Å². The van der Waals surface area contributed by atoms with E-state index in [1.807, 2.05) is 18.3 Å². The molecule has 11 aromatic rings. The maximum absolute atomic E-state index is 5.10. The zero-order chi connectivity index (χ0) is 30.6. The van der Waals surface area contributed by atoms with Gasteiger partial charge in [-0.05, 0) is 84.2 Å². The summed E-state index contributed by atoms with van der Waals surface area (Å²) in [5.41, 5.74) is 10.4. The van der Waals surface area contributed by atoms with Crippen molar-refractivity contribution in [1.29, 1.82) is 0 Å². The molecule has 0 atom stereocenters. The number of imidazole rings is 1. The fourth-order valence-electron chi connectivity index (χ4n) is 7.82. The van der Waals surface area contributed by atoms with Crippen LogP contribution in [0.25, 0.3) is 93.6 Å². The van der Waals surface area contributed by atoms with E-state index in [0.29, 0.717) is 5.65 Å². The molecule has 0 fully saturated rings. The molecule has 0 spiro atoms. The van der Waals surface area contributed by atoms with Gasteiger partial charge in [0.05, 0.1) is 27.6 Å². The van der Waals surface area contributed by atoms with Crippen molar-refractivity contribution in [3.8, 4) is 11.4 Å². The molecule has 0 bridgehead atoms. The summed E-state index contributed by atoms with van der Waals surface area (Å²) < 4.78 is 6.97. The summed E-state index contributed by atoms with van der Waals surface area (Å²) in [5.74, 6) is 0. The zero-order valence-electron chi connectivity index (χ0n) is 25.0. The van der Waals surface area contributed by atoms with Gasteiger partial charge in [0.1, 0.15) is 11.3 Å². The summed E-state index contributed by atoms with van der Waals surface area (Å²) >= 11 is 0. The van der Waals surface area contributed by atoms with Crippen molar-refractivity contribution in [3.05, 3.63) is 146 Å². The number of rotatable bonds is 2. The minimum absolute atomic E-state index is 0.715. The molecule has 47 heavy (non-hydrogen) atoms. The van der Waals surface area contributed by atoms with Crippen LogP contribution in [0.15, 0.2) is 146 Å². The van der Waals surface area contributed by atoms with Gasteiger partial charge in [-0.3, -0.25) is 4.40 Å². The van der Waals surface area contributed by atoms with E-state index in [-0.39, 0.29) is 0 Å². The highest BCUT2D eigenvalue weighted by atomic mass is 15.1. The standard InChI is InChI=1S/C41H24N6/c1-3-11-25(12-4-1)45-32-17-8-7-15-28(32)37-33(45)19-20-34-38(37)31-23-30-29(24-36(31)46(34)26-13-5-2-6-14-26)27-16-9-22-43-40(27)47-35-18-10-21-42-39(35)44-41(30)47/h1-24H. The molecule has 6 nitrogen and oxygen atoms in total. The molecule has 0 amide bonds. The van der Waals surface area contributed by atoms with E-state index in [9.17, 15) is 0 Å². The van der Waals surface area contributed by atoms with Gasteiger partial charge in [0.25, 0.3) is 0 Å². The molecule has 11 rings (SSSR count). The first-order valence-corrected chi connectivity index (χ1v) is 15.8. The van der Waals surface area contributed by atoms with E-state index < -0.39 is 0 Å². The van der Waals surface area contributed by atoms with Crippen molar-refractivity contribution >= 4 is 82.2 Å². The summed E-state index contributed by atoms with van der Waals surface area (Å²) in [6, 6.07) is 47.6. The van der Waals surface area contributed by atoms with E-state index >= 15 is 0 Å². The molecule has 6 aromatic heterocycles. The van der Waals surface area contributed by atoms with Crippen LogP contribution in [0.5, 0.6) is 0 Å². The predicted octanol–water partition coefficient (Wildman–Crippen LogP) is 9.78. The second kappa shape index (κ2) is 9.02. The Balaban J connectivity index is 1.42. The third-order valence-electron chi connectivity index (χ3n) is 9.69. The maximum atomic E-state index is 5.10. The van der Waals surface area contributed by atoms with Crippen molar-refractivity contribution in [1.82, 2.24) is 28.5 Å². The molecule has 5 aromatic carbocycles. The second-order valence-corrected chi connectivity index (χ2v) is 12.1. The number of hydrogen-bond donors (Lipinski definition) is 0. The Morgan fingerprint density at radius 2 is 1.00 bits per heavy atom. The number of para-hydroxylation sites is 3. The molecule has 0 unspecified atom stereocenters. The maximum Gasteiger partial charge on any atom is 0.178 e. The molecule has 0 saturated heterocycles. The number of aromatic nitrogens is 6. The topological polar surface area (TPSA) is 52.9 Å². The Kier molecular flexibility index (Phi) is 4.75. The van der Waals surface area contributed by atoms with Crippen molar-refractivity contribution in [2.75, 3.05) is 0 Å². The highest BCUT2D eigenvalue weighted by Gasteiger charge is 2.23. The Morgan fingerprint density at radius 1 is 0.383 bits per heavy atom. The van der Waals surface area contributed by atoms with Gasteiger partial charge < -0.3 is 9.13 Å². The molecule has 0 aliphatic heterocycles. The lowest BCUT2D eigenvalue weighted by Crippen LogP contribution is -1.96. The summed E-state index contributed by atoms with van der Waals surface area (Å²) in [4.78, 5) is 14.6. The smallest absolute Gasteiger partial charge is 0.178 e. The van der Waals surface area contributed by atoms with E-state index in [0.717, 1.165) is 49.9 Å². The lowest BCUT2D eigenvalue weighted by molar-refractivity contribution is 1.17. The highest BCUT2D eigenvalue weighted by Crippen LogP contribution is 2.44. The predicted molar refractivity (Wildman–Crippen MR) is 192 cm³/mol. The fraction of sp³-hybridized carbons (Fsp3) is 0. The molecule has 6 heteroatoms. The first-order valence-electron chi connectivity index (χ1n) is 15.8. The van der Waals surface area contributed by atoms with Gasteiger partial charge in [-0.15, -0.1) is 0 Å². The number of pyridine rings is 3. The van der Waals surface area contributed by atoms with Crippen molar-refractivity contribution in [3.63, 3.8) is 0 Å². The average Bonchev–Trinajstić information content (AvgIpc) is 3.79. The minimum Gasteiger partial charge on any atom is -0.309 e. The van der Waals surface area contributed by atoms with Crippen LogP contribution in [-0.4, -0.2) is 28.5 Å². The normalized spacial score (nSPS) is 12.3. The van der Waals surface area contributed by atoms with E-state index in [4.69, 9.17) is 9.97 Å². The average molecular weight is 601 g/mol. The molecule has 0 aliphatic carbocycles. The van der Waals surface area contributed by atoms with Gasteiger partial charge in [-0.2, -0.15) is 0 Å². The summed E-state index contributed by atoms with van der Waals surface area (Å²) in [5, 5.41) is 8.16. The molecule has 0 aliphatic rings. The SMILES string of the molecule is c1ccc(-n2c3ccccc3c3c4c5cc6c(cc5n(-c5ccccc5)c4ccc32)c2cccnc2n2c3cccnc3nc62)cc1. The summed E-state index contributed by atoms with van der Waals surface area (Å²) in [7, 11) is 0. The van der Waals surface area contributed by atoms with Gasteiger partial charge >= 0.3 is 0 Å².